The standard InChI is InChI=1S/C13H20N4O2S/c14-11-10(20-13(17-11)16-9-3-4-9)12(18)15-5-6-19-7-8-1-2-8/h8-9H,1-7,14H2,(H,15,18)(H,16,17). The van der Waals surface area contributed by atoms with E-state index in [-0.39, 0.29) is 5.91 Å². The van der Waals surface area contributed by atoms with Gasteiger partial charge in [0.1, 0.15) is 10.7 Å². The van der Waals surface area contributed by atoms with E-state index < -0.39 is 0 Å². The van der Waals surface area contributed by atoms with E-state index in [1.807, 2.05) is 0 Å². The molecule has 1 aromatic rings. The second-order valence-corrected chi connectivity index (χ2v) is 6.43. The lowest BCUT2D eigenvalue weighted by molar-refractivity contribution is 0.0911. The molecule has 1 aromatic heterocycles. The maximum Gasteiger partial charge on any atom is 0.265 e. The van der Waals surface area contributed by atoms with E-state index in [0.717, 1.165) is 17.7 Å². The summed E-state index contributed by atoms with van der Waals surface area (Å²) >= 11 is 1.31. The monoisotopic (exact) mass is 296 g/mol. The van der Waals surface area contributed by atoms with Crippen molar-refractivity contribution in [2.24, 2.45) is 5.92 Å². The predicted octanol–water partition coefficient (Wildman–Crippen LogP) is 1.46. The lowest BCUT2D eigenvalue weighted by Gasteiger charge is -2.04. The number of hydrogen-bond donors (Lipinski definition) is 3. The van der Waals surface area contributed by atoms with Crippen molar-refractivity contribution in [2.45, 2.75) is 31.7 Å². The van der Waals surface area contributed by atoms with E-state index in [1.165, 1.54) is 37.0 Å². The summed E-state index contributed by atoms with van der Waals surface area (Å²) in [4.78, 5) is 16.6. The maximum absolute atomic E-state index is 12.0. The molecule has 2 saturated carbocycles. The number of rotatable bonds is 8. The lowest BCUT2D eigenvalue weighted by atomic mass is 10.4. The average molecular weight is 296 g/mol. The minimum absolute atomic E-state index is 0.168. The molecule has 2 aliphatic carbocycles. The molecule has 3 rings (SSSR count). The third-order valence-corrected chi connectivity index (χ3v) is 4.35. The zero-order valence-corrected chi connectivity index (χ0v) is 12.2. The molecule has 2 fully saturated rings. The number of nitrogens with zero attached hydrogens (tertiary/aromatic N) is 1. The molecule has 7 heteroatoms. The first-order valence-electron chi connectivity index (χ1n) is 7.11. The van der Waals surface area contributed by atoms with E-state index in [0.29, 0.717) is 29.9 Å². The predicted molar refractivity (Wildman–Crippen MR) is 79.0 cm³/mol. The number of anilines is 2. The van der Waals surface area contributed by atoms with Gasteiger partial charge in [0.25, 0.3) is 5.91 Å². The highest BCUT2D eigenvalue weighted by Gasteiger charge is 2.24. The van der Waals surface area contributed by atoms with Gasteiger partial charge >= 0.3 is 0 Å². The molecule has 0 atom stereocenters. The van der Waals surface area contributed by atoms with Crippen LogP contribution in [-0.4, -0.2) is 36.7 Å². The van der Waals surface area contributed by atoms with Crippen LogP contribution in [0.2, 0.25) is 0 Å². The fourth-order valence-electron chi connectivity index (χ4n) is 1.81. The quantitative estimate of drug-likeness (QED) is 0.632. The normalized spacial score (nSPS) is 18.0. The minimum Gasteiger partial charge on any atom is -0.382 e. The first kappa shape index (κ1) is 13.6. The Labute approximate surface area is 122 Å². The molecule has 1 amide bonds. The number of carbonyl (C=O) groups excluding carboxylic acids is 1. The van der Waals surface area contributed by atoms with Crippen molar-refractivity contribution in [2.75, 3.05) is 30.8 Å². The van der Waals surface area contributed by atoms with Crippen LogP contribution in [0.3, 0.4) is 0 Å². The van der Waals surface area contributed by atoms with Crippen LogP contribution < -0.4 is 16.4 Å². The largest absolute Gasteiger partial charge is 0.382 e. The second-order valence-electron chi connectivity index (χ2n) is 5.43. The third-order valence-electron chi connectivity index (χ3n) is 3.35. The number of thiazole rings is 1. The van der Waals surface area contributed by atoms with Gasteiger partial charge < -0.3 is 21.1 Å². The molecule has 6 nitrogen and oxygen atoms in total. The molecular weight excluding hydrogens is 276 g/mol. The van der Waals surface area contributed by atoms with Crippen molar-refractivity contribution >= 4 is 28.2 Å². The number of ether oxygens (including phenoxy) is 1. The Balaban J connectivity index is 1.41. The molecule has 110 valence electrons. The summed E-state index contributed by atoms with van der Waals surface area (Å²) in [6.07, 6.45) is 4.89. The van der Waals surface area contributed by atoms with Gasteiger partial charge in [-0.3, -0.25) is 4.79 Å². The summed E-state index contributed by atoms with van der Waals surface area (Å²) in [7, 11) is 0. The zero-order valence-electron chi connectivity index (χ0n) is 11.4. The fraction of sp³-hybridized carbons (Fsp3) is 0.692. The van der Waals surface area contributed by atoms with Gasteiger partial charge in [0.05, 0.1) is 6.61 Å². The van der Waals surface area contributed by atoms with Gasteiger partial charge in [-0.25, -0.2) is 4.98 Å². The van der Waals surface area contributed by atoms with Crippen molar-refractivity contribution in [1.29, 1.82) is 0 Å². The summed E-state index contributed by atoms with van der Waals surface area (Å²) in [5, 5.41) is 6.80. The topological polar surface area (TPSA) is 89.3 Å². The first-order chi connectivity index (χ1) is 9.72. The summed E-state index contributed by atoms with van der Waals surface area (Å²) in [6.45, 7) is 1.87. The molecule has 2 aliphatic rings. The van der Waals surface area contributed by atoms with E-state index in [1.54, 1.807) is 0 Å². The van der Waals surface area contributed by atoms with Crippen molar-refractivity contribution < 1.29 is 9.53 Å². The smallest absolute Gasteiger partial charge is 0.265 e. The van der Waals surface area contributed by atoms with Crippen LogP contribution in [0.15, 0.2) is 0 Å². The Morgan fingerprint density at radius 3 is 2.90 bits per heavy atom. The molecule has 0 aromatic carbocycles. The van der Waals surface area contributed by atoms with Crippen molar-refractivity contribution in [3.8, 4) is 0 Å². The van der Waals surface area contributed by atoms with Crippen molar-refractivity contribution in [1.82, 2.24) is 10.3 Å². The van der Waals surface area contributed by atoms with Gasteiger partial charge in [0.15, 0.2) is 5.13 Å². The SMILES string of the molecule is Nc1nc(NC2CC2)sc1C(=O)NCCOCC1CC1. The molecule has 0 radical (unpaired) electrons. The maximum atomic E-state index is 12.0. The van der Waals surface area contributed by atoms with E-state index in [9.17, 15) is 4.79 Å². The van der Waals surface area contributed by atoms with Crippen LogP contribution >= 0.6 is 11.3 Å². The van der Waals surface area contributed by atoms with Crippen LogP contribution in [0, 0.1) is 5.92 Å². The summed E-state index contributed by atoms with van der Waals surface area (Å²) in [5.41, 5.74) is 5.78. The highest BCUT2D eigenvalue weighted by Crippen LogP contribution is 2.30. The Kier molecular flexibility index (Phi) is 4.07. The van der Waals surface area contributed by atoms with E-state index in [4.69, 9.17) is 10.5 Å². The average Bonchev–Trinajstić information content (AvgIpc) is 3.30. The van der Waals surface area contributed by atoms with Crippen LogP contribution in [0.5, 0.6) is 0 Å². The van der Waals surface area contributed by atoms with Gasteiger partial charge in [0.2, 0.25) is 0 Å². The van der Waals surface area contributed by atoms with Crippen molar-refractivity contribution in [3.63, 3.8) is 0 Å². The number of nitrogens with two attached hydrogens (primary N) is 1. The molecule has 0 aliphatic heterocycles. The van der Waals surface area contributed by atoms with E-state index in [2.05, 4.69) is 15.6 Å². The number of nitrogen functional groups attached to an aromatic ring is 1. The minimum atomic E-state index is -0.168. The lowest BCUT2D eigenvalue weighted by Crippen LogP contribution is -2.27. The first-order valence-corrected chi connectivity index (χ1v) is 7.93. The highest BCUT2D eigenvalue weighted by molar-refractivity contribution is 7.18. The molecular formula is C13H20N4O2S. The summed E-state index contributed by atoms with van der Waals surface area (Å²) < 4.78 is 5.47. The van der Waals surface area contributed by atoms with Crippen LogP contribution in [0.1, 0.15) is 35.4 Å². The number of carbonyl (C=O) groups is 1. The summed E-state index contributed by atoms with van der Waals surface area (Å²) in [5.74, 6) is 0.882. The van der Waals surface area contributed by atoms with Crippen LogP contribution in [-0.2, 0) is 4.74 Å². The van der Waals surface area contributed by atoms with Gasteiger partial charge in [-0.2, -0.15) is 0 Å². The fourth-order valence-corrected chi connectivity index (χ4v) is 2.69. The number of aromatic nitrogens is 1. The Morgan fingerprint density at radius 1 is 1.40 bits per heavy atom. The molecule has 0 bridgehead atoms. The van der Waals surface area contributed by atoms with Gasteiger partial charge in [-0.15, -0.1) is 0 Å². The molecule has 1 heterocycles. The molecule has 0 saturated heterocycles. The van der Waals surface area contributed by atoms with Gasteiger partial charge in [-0.1, -0.05) is 11.3 Å². The van der Waals surface area contributed by atoms with E-state index >= 15 is 0 Å². The van der Waals surface area contributed by atoms with Crippen molar-refractivity contribution in [3.05, 3.63) is 4.88 Å². The highest BCUT2D eigenvalue weighted by atomic mass is 32.1. The molecule has 20 heavy (non-hydrogen) atoms. The van der Waals surface area contributed by atoms with Gasteiger partial charge in [-0.05, 0) is 31.6 Å². The molecule has 4 N–H and O–H groups in total. The Hall–Kier alpha value is -1.34. The third kappa shape index (κ3) is 3.83. The van der Waals surface area contributed by atoms with Crippen LogP contribution in [0.25, 0.3) is 0 Å². The van der Waals surface area contributed by atoms with Crippen LogP contribution in [0.4, 0.5) is 10.9 Å². The zero-order chi connectivity index (χ0) is 13.9. The Morgan fingerprint density at radius 2 is 2.20 bits per heavy atom. The Bertz CT molecular complexity index is 483. The molecule has 0 unspecified atom stereocenters. The summed E-state index contributed by atoms with van der Waals surface area (Å²) in [6, 6.07) is 0.507. The number of hydrogen-bond acceptors (Lipinski definition) is 6. The second kappa shape index (κ2) is 5.97. The number of amides is 1. The molecule has 0 spiro atoms. The number of nitrogens with one attached hydrogen (secondary N) is 2. The van der Waals surface area contributed by atoms with Gasteiger partial charge in [0, 0.05) is 19.2 Å².